The van der Waals surface area contributed by atoms with Gasteiger partial charge in [0.2, 0.25) is 5.89 Å². The van der Waals surface area contributed by atoms with Gasteiger partial charge in [-0.2, -0.15) is 13.2 Å². The number of aromatic nitrogens is 1. The van der Waals surface area contributed by atoms with Crippen LogP contribution >= 0.6 is 0 Å². The van der Waals surface area contributed by atoms with E-state index in [1.807, 2.05) is 72.5 Å². The van der Waals surface area contributed by atoms with Crippen molar-refractivity contribution >= 4 is 5.91 Å². The highest BCUT2D eigenvalue weighted by Crippen LogP contribution is 2.34. The van der Waals surface area contributed by atoms with Crippen molar-refractivity contribution in [1.29, 1.82) is 0 Å². The first kappa shape index (κ1) is 25.2. The summed E-state index contributed by atoms with van der Waals surface area (Å²) >= 11 is 0. The summed E-state index contributed by atoms with van der Waals surface area (Å²) in [6, 6.07) is 24.2. The van der Waals surface area contributed by atoms with Crippen LogP contribution in [0.4, 0.5) is 13.2 Å². The number of alkyl halides is 3. The Morgan fingerprint density at radius 3 is 2.28 bits per heavy atom. The van der Waals surface area contributed by atoms with Crippen LogP contribution in [-0.2, 0) is 25.8 Å². The maximum absolute atomic E-state index is 13.6. The molecule has 0 unspecified atom stereocenters. The monoisotopic (exact) mass is 493 g/mol. The molecular weight excluding hydrogens is 467 g/mol. The van der Waals surface area contributed by atoms with E-state index in [4.69, 9.17) is 4.42 Å². The molecule has 0 spiro atoms. The van der Waals surface area contributed by atoms with Gasteiger partial charge in [0.25, 0.3) is 5.91 Å². The predicted molar refractivity (Wildman–Crippen MR) is 130 cm³/mol. The lowest BCUT2D eigenvalue weighted by molar-refractivity contribution is -0.138. The van der Waals surface area contributed by atoms with E-state index in [9.17, 15) is 18.0 Å². The summed E-state index contributed by atoms with van der Waals surface area (Å²) in [6.07, 6.45) is -3.20. The minimum absolute atomic E-state index is 0.0175. The lowest BCUT2D eigenvalue weighted by Crippen LogP contribution is -2.28. The molecular formula is C28H26F3N3O2. The average Bonchev–Trinajstić information content (AvgIpc) is 3.36. The highest BCUT2D eigenvalue weighted by Gasteiger charge is 2.34. The van der Waals surface area contributed by atoms with Crippen molar-refractivity contribution in [2.24, 2.45) is 0 Å². The summed E-state index contributed by atoms with van der Waals surface area (Å²) in [5.74, 6) is -0.147. The maximum atomic E-state index is 13.6. The number of carbonyl (C=O) groups excluding carboxylic acids is 1. The molecule has 0 saturated heterocycles. The molecule has 4 aromatic rings. The van der Waals surface area contributed by atoms with E-state index in [2.05, 4.69) is 10.3 Å². The van der Waals surface area contributed by atoms with E-state index in [1.54, 1.807) is 6.07 Å². The molecule has 0 aliphatic heterocycles. The Bertz CT molecular complexity index is 1270. The van der Waals surface area contributed by atoms with Gasteiger partial charge in [-0.05, 0) is 29.7 Å². The van der Waals surface area contributed by atoms with Crippen LogP contribution in [0.1, 0.15) is 51.6 Å². The van der Waals surface area contributed by atoms with E-state index < -0.39 is 11.7 Å². The van der Waals surface area contributed by atoms with Crippen molar-refractivity contribution in [3.8, 4) is 0 Å². The highest BCUT2D eigenvalue weighted by atomic mass is 19.4. The van der Waals surface area contributed by atoms with Crippen molar-refractivity contribution in [3.63, 3.8) is 0 Å². The van der Waals surface area contributed by atoms with E-state index >= 15 is 0 Å². The van der Waals surface area contributed by atoms with Gasteiger partial charge in [0.15, 0.2) is 5.69 Å². The number of carbonyl (C=O) groups is 1. The summed E-state index contributed by atoms with van der Waals surface area (Å²) in [6.45, 7) is 2.40. The Hall–Kier alpha value is -3.91. The third kappa shape index (κ3) is 6.40. The smallest absolute Gasteiger partial charge is 0.416 e. The Balaban J connectivity index is 1.53. The molecule has 36 heavy (non-hydrogen) atoms. The fourth-order valence-corrected chi connectivity index (χ4v) is 3.96. The third-order valence-electron chi connectivity index (χ3n) is 5.94. The second-order valence-electron chi connectivity index (χ2n) is 8.44. The highest BCUT2D eigenvalue weighted by molar-refractivity contribution is 5.91. The molecule has 1 atom stereocenters. The number of benzene rings is 3. The summed E-state index contributed by atoms with van der Waals surface area (Å²) in [4.78, 5) is 18.7. The molecule has 1 heterocycles. The number of nitrogens with one attached hydrogen (secondary N) is 1. The molecule has 0 radical (unpaired) electrons. The zero-order chi connectivity index (χ0) is 25.5. The third-order valence-corrected chi connectivity index (χ3v) is 5.94. The Kier molecular flexibility index (Phi) is 7.85. The Morgan fingerprint density at radius 1 is 0.944 bits per heavy atom. The van der Waals surface area contributed by atoms with Crippen molar-refractivity contribution < 1.29 is 22.4 Å². The molecule has 5 nitrogen and oxygen atoms in total. The molecule has 0 aliphatic carbocycles. The first-order valence-electron chi connectivity index (χ1n) is 11.5. The van der Waals surface area contributed by atoms with Crippen LogP contribution in [0.15, 0.2) is 95.6 Å². The van der Waals surface area contributed by atoms with Gasteiger partial charge >= 0.3 is 6.18 Å². The minimum Gasteiger partial charge on any atom is -0.447 e. The van der Waals surface area contributed by atoms with Gasteiger partial charge < -0.3 is 9.73 Å². The molecule has 3 aromatic carbocycles. The molecule has 1 N–H and O–H groups in total. The van der Waals surface area contributed by atoms with Crippen molar-refractivity contribution in [3.05, 3.63) is 125 Å². The summed E-state index contributed by atoms with van der Waals surface area (Å²) in [7, 11) is 0. The van der Waals surface area contributed by atoms with Gasteiger partial charge in [-0.15, -0.1) is 0 Å². The van der Waals surface area contributed by atoms with Crippen LogP contribution < -0.4 is 5.32 Å². The number of amides is 1. The Labute approximate surface area is 207 Å². The standard InChI is InChI=1S/C28H26F3N3O2/c1-20(22-12-6-3-7-13-22)34(17-23-14-8-9-15-24(23)28(29,30)31)18-26-33-25(19-36-26)27(35)32-16-21-10-4-2-5-11-21/h2-15,19-20H,16-18H2,1H3,(H,32,35)/t20-/m0/s1. The molecule has 0 aliphatic rings. The van der Waals surface area contributed by atoms with Crippen LogP contribution in [0.2, 0.25) is 0 Å². The van der Waals surface area contributed by atoms with Crippen LogP contribution in [-0.4, -0.2) is 15.8 Å². The predicted octanol–water partition coefficient (Wildman–Crippen LogP) is 6.39. The van der Waals surface area contributed by atoms with Crippen molar-refractivity contribution in [1.82, 2.24) is 15.2 Å². The quantitative estimate of drug-likeness (QED) is 0.294. The minimum atomic E-state index is -4.47. The van der Waals surface area contributed by atoms with Gasteiger partial charge in [-0.25, -0.2) is 4.98 Å². The van der Waals surface area contributed by atoms with E-state index in [0.29, 0.717) is 6.54 Å². The van der Waals surface area contributed by atoms with Crippen molar-refractivity contribution in [2.45, 2.75) is 38.8 Å². The van der Waals surface area contributed by atoms with Crippen LogP contribution in [0.25, 0.3) is 0 Å². The van der Waals surface area contributed by atoms with Crippen LogP contribution in [0.5, 0.6) is 0 Å². The molecule has 0 bridgehead atoms. The fraction of sp³-hybridized carbons (Fsp3) is 0.214. The second-order valence-corrected chi connectivity index (χ2v) is 8.44. The van der Waals surface area contributed by atoms with Gasteiger partial charge in [-0.3, -0.25) is 9.69 Å². The molecule has 1 amide bonds. The van der Waals surface area contributed by atoms with Crippen LogP contribution in [0.3, 0.4) is 0 Å². The maximum Gasteiger partial charge on any atom is 0.416 e. The summed E-state index contributed by atoms with van der Waals surface area (Å²) in [5, 5.41) is 2.79. The number of halogens is 3. The molecule has 0 saturated carbocycles. The Morgan fingerprint density at radius 2 is 1.58 bits per heavy atom. The average molecular weight is 494 g/mol. The number of rotatable bonds is 9. The second kappa shape index (κ2) is 11.2. The van der Waals surface area contributed by atoms with E-state index in [0.717, 1.165) is 17.2 Å². The number of hydrogen-bond donors (Lipinski definition) is 1. The van der Waals surface area contributed by atoms with Crippen LogP contribution in [0, 0.1) is 0 Å². The normalized spacial score (nSPS) is 12.5. The first-order chi connectivity index (χ1) is 17.3. The molecule has 8 heteroatoms. The number of nitrogens with zero attached hydrogens (tertiary/aromatic N) is 2. The summed E-state index contributed by atoms with van der Waals surface area (Å²) < 4.78 is 46.5. The van der Waals surface area contributed by atoms with E-state index in [-0.39, 0.29) is 42.2 Å². The van der Waals surface area contributed by atoms with E-state index in [1.165, 1.54) is 18.4 Å². The first-order valence-corrected chi connectivity index (χ1v) is 11.5. The number of oxazole rings is 1. The largest absolute Gasteiger partial charge is 0.447 e. The topological polar surface area (TPSA) is 58.4 Å². The van der Waals surface area contributed by atoms with Gasteiger partial charge in [-0.1, -0.05) is 78.9 Å². The van der Waals surface area contributed by atoms with Gasteiger partial charge in [0.1, 0.15) is 6.26 Å². The molecule has 1 aromatic heterocycles. The zero-order valence-electron chi connectivity index (χ0n) is 19.7. The van der Waals surface area contributed by atoms with Gasteiger partial charge in [0, 0.05) is 19.1 Å². The number of hydrogen-bond acceptors (Lipinski definition) is 4. The van der Waals surface area contributed by atoms with Gasteiger partial charge in [0.05, 0.1) is 12.1 Å². The molecule has 4 rings (SSSR count). The molecule has 0 fully saturated rings. The fourth-order valence-electron chi connectivity index (χ4n) is 3.96. The summed E-state index contributed by atoms with van der Waals surface area (Å²) in [5.41, 5.74) is 1.47. The van der Waals surface area contributed by atoms with Crippen molar-refractivity contribution in [2.75, 3.05) is 0 Å². The lowest BCUT2D eigenvalue weighted by atomic mass is 10.0. The zero-order valence-corrected chi connectivity index (χ0v) is 19.7. The lowest BCUT2D eigenvalue weighted by Gasteiger charge is -2.29. The SMILES string of the molecule is C[C@@H](c1ccccc1)N(Cc1nc(C(=O)NCc2ccccc2)co1)Cc1ccccc1C(F)(F)F. The molecule has 186 valence electrons.